The van der Waals surface area contributed by atoms with E-state index in [1.54, 1.807) is 24.3 Å². The highest BCUT2D eigenvalue weighted by atomic mass is 32.2. The fraction of sp³-hybridized carbons (Fsp3) is 0. The van der Waals surface area contributed by atoms with Gasteiger partial charge >= 0.3 is 11.9 Å². The van der Waals surface area contributed by atoms with Crippen molar-refractivity contribution < 1.29 is 19.8 Å². The third-order valence-electron chi connectivity index (χ3n) is 2.44. The average Bonchev–Trinajstić information content (AvgIpc) is 2.47. The zero-order valence-electron chi connectivity index (χ0n) is 11.9. The molecule has 7 N–H and O–H groups in total. The number of carboxylic acids is 2. The van der Waals surface area contributed by atoms with Crippen molar-refractivity contribution in [2.75, 3.05) is 0 Å². The SMILES string of the molecule is N=C(N)N.O=C(O)c1ccc(Sc2ccc(C(=O)O)cc2)cc1. The maximum atomic E-state index is 10.7. The van der Waals surface area contributed by atoms with Gasteiger partial charge in [0.15, 0.2) is 5.96 Å². The van der Waals surface area contributed by atoms with Gasteiger partial charge in [-0.15, -0.1) is 0 Å². The molecular weight excluding hydrogens is 318 g/mol. The summed E-state index contributed by atoms with van der Waals surface area (Å²) < 4.78 is 0. The van der Waals surface area contributed by atoms with Gasteiger partial charge in [-0.2, -0.15) is 0 Å². The lowest BCUT2D eigenvalue weighted by molar-refractivity contribution is 0.0686. The maximum absolute atomic E-state index is 10.7. The minimum Gasteiger partial charge on any atom is -0.478 e. The predicted molar refractivity (Wildman–Crippen MR) is 87.0 cm³/mol. The van der Waals surface area contributed by atoms with Crippen molar-refractivity contribution in [3.05, 3.63) is 59.7 Å². The van der Waals surface area contributed by atoms with Gasteiger partial charge < -0.3 is 21.7 Å². The van der Waals surface area contributed by atoms with E-state index in [1.165, 1.54) is 36.0 Å². The van der Waals surface area contributed by atoms with E-state index in [1.807, 2.05) is 0 Å². The van der Waals surface area contributed by atoms with E-state index < -0.39 is 11.9 Å². The first kappa shape index (κ1) is 18.1. The van der Waals surface area contributed by atoms with Crippen molar-refractivity contribution in [1.82, 2.24) is 0 Å². The van der Waals surface area contributed by atoms with Crippen LogP contribution in [0, 0.1) is 5.41 Å². The Morgan fingerprint density at radius 3 is 1.26 bits per heavy atom. The van der Waals surface area contributed by atoms with E-state index in [2.05, 4.69) is 11.5 Å². The van der Waals surface area contributed by atoms with Crippen LogP contribution in [0.1, 0.15) is 20.7 Å². The Labute approximate surface area is 136 Å². The average molecular weight is 333 g/mol. The monoisotopic (exact) mass is 333 g/mol. The van der Waals surface area contributed by atoms with E-state index in [4.69, 9.17) is 15.6 Å². The molecule has 0 saturated heterocycles. The smallest absolute Gasteiger partial charge is 0.335 e. The Kier molecular flexibility index (Phi) is 6.63. The number of aromatic carboxylic acids is 2. The summed E-state index contributed by atoms with van der Waals surface area (Å²) in [5, 5.41) is 23.6. The lowest BCUT2D eigenvalue weighted by atomic mass is 10.2. The molecule has 2 aromatic rings. The van der Waals surface area contributed by atoms with Gasteiger partial charge in [-0.3, -0.25) is 5.41 Å². The van der Waals surface area contributed by atoms with Crippen LogP contribution in [-0.2, 0) is 0 Å². The van der Waals surface area contributed by atoms with E-state index in [9.17, 15) is 9.59 Å². The molecule has 0 radical (unpaired) electrons. The van der Waals surface area contributed by atoms with Gasteiger partial charge in [0.2, 0.25) is 0 Å². The highest BCUT2D eigenvalue weighted by Gasteiger charge is 2.04. The molecule has 2 rings (SSSR count). The first-order chi connectivity index (χ1) is 10.8. The summed E-state index contributed by atoms with van der Waals surface area (Å²) in [5.41, 5.74) is 9.43. The van der Waals surface area contributed by atoms with E-state index >= 15 is 0 Å². The standard InChI is InChI=1S/C14H10O4S.CH5N3/c15-13(16)9-1-5-11(6-2-9)19-12-7-3-10(4-8-12)14(17)18;2-1(3)4/h1-8H,(H,15,16)(H,17,18);(H5,2,3,4). The highest BCUT2D eigenvalue weighted by molar-refractivity contribution is 7.99. The summed E-state index contributed by atoms with van der Waals surface area (Å²) in [4.78, 5) is 23.2. The third kappa shape index (κ3) is 6.53. The Morgan fingerprint density at radius 2 is 1.04 bits per heavy atom. The van der Waals surface area contributed by atoms with Crippen LogP contribution in [0.15, 0.2) is 58.3 Å². The number of guanidine groups is 1. The molecule has 0 spiro atoms. The topological polar surface area (TPSA) is 150 Å². The lowest BCUT2D eigenvalue weighted by Gasteiger charge is -2.03. The molecule has 0 bridgehead atoms. The zero-order chi connectivity index (χ0) is 17.4. The minimum atomic E-state index is -0.956. The summed E-state index contributed by atoms with van der Waals surface area (Å²) in [6.45, 7) is 0. The zero-order valence-corrected chi connectivity index (χ0v) is 12.7. The summed E-state index contributed by atoms with van der Waals surface area (Å²) in [6, 6.07) is 13.0. The van der Waals surface area contributed by atoms with Crippen molar-refractivity contribution in [2.45, 2.75) is 9.79 Å². The number of benzene rings is 2. The van der Waals surface area contributed by atoms with Gasteiger partial charge in [-0.25, -0.2) is 9.59 Å². The Hall–Kier alpha value is -3.00. The summed E-state index contributed by atoms with van der Waals surface area (Å²) in [7, 11) is 0. The number of hydrogen-bond donors (Lipinski definition) is 5. The number of nitrogens with one attached hydrogen (secondary N) is 1. The molecule has 0 unspecified atom stereocenters. The fourth-order valence-electron chi connectivity index (χ4n) is 1.47. The molecule has 0 aliphatic rings. The molecule has 23 heavy (non-hydrogen) atoms. The van der Waals surface area contributed by atoms with Crippen LogP contribution in [0.25, 0.3) is 0 Å². The molecule has 0 fully saturated rings. The van der Waals surface area contributed by atoms with Crippen LogP contribution in [0.3, 0.4) is 0 Å². The van der Waals surface area contributed by atoms with Crippen LogP contribution >= 0.6 is 11.8 Å². The van der Waals surface area contributed by atoms with Crippen LogP contribution in [-0.4, -0.2) is 28.1 Å². The molecule has 0 aromatic heterocycles. The largest absolute Gasteiger partial charge is 0.478 e. The van der Waals surface area contributed by atoms with Crippen molar-refractivity contribution in [3.8, 4) is 0 Å². The summed E-state index contributed by atoms with van der Waals surface area (Å²) >= 11 is 1.44. The Balaban J connectivity index is 0.000000593. The molecule has 7 nitrogen and oxygen atoms in total. The molecule has 2 aromatic carbocycles. The molecule has 0 aliphatic carbocycles. The van der Waals surface area contributed by atoms with Crippen LogP contribution in [0.5, 0.6) is 0 Å². The third-order valence-corrected chi connectivity index (χ3v) is 3.45. The molecule has 0 heterocycles. The van der Waals surface area contributed by atoms with Crippen LogP contribution < -0.4 is 11.5 Å². The van der Waals surface area contributed by atoms with E-state index in [0.717, 1.165) is 9.79 Å². The lowest BCUT2D eigenvalue weighted by Crippen LogP contribution is -2.20. The van der Waals surface area contributed by atoms with E-state index in [0.29, 0.717) is 0 Å². The van der Waals surface area contributed by atoms with Crippen molar-refractivity contribution in [2.24, 2.45) is 11.5 Å². The molecule has 8 heteroatoms. The molecule has 0 aliphatic heterocycles. The summed E-state index contributed by atoms with van der Waals surface area (Å²) in [5.74, 6) is -2.25. The van der Waals surface area contributed by atoms with E-state index in [-0.39, 0.29) is 17.1 Å². The summed E-state index contributed by atoms with van der Waals surface area (Å²) in [6.07, 6.45) is 0. The molecule has 0 amide bonds. The second kappa shape index (κ2) is 8.44. The van der Waals surface area contributed by atoms with Crippen LogP contribution in [0.4, 0.5) is 0 Å². The second-order valence-corrected chi connectivity index (χ2v) is 5.36. The molecular formula is C15H15N3O4S. The van der Waals surface area contributed by atoms with Gasteiger partial charge in [-0.1, -0.05) is 11.8 Å². The maximum Gasteiger partial charge on any atom is 0.335 e. The highest BCUT2D eigenvalue weighted by Crippen LogP contribution is 2.27. The van der Waals surface area contributed by atoms with Crippen LogP contribution in [0.2, 0.25) is 0 Å². The first-order valence-electron chi connectivity index (χ1n) is 6.23. The number of carbonyl (C=O) groups is 2. The van der Waals surface area contributed by atoms with Gasteiger partial charge in [0.05, 0.1) is 11.1 Å². The molecule has 120 valence electrons. The van der Waals surface area contributed by atoms with Gasteiger partial charge in [-0.05, 0) is 48.5 Å². The predicted octanol–water partition coefficient (Wildman–Crippen LogP) is 2.07. The van der Waals surface area contributed by atoms with Gasteiger partial charge in [0.1, 0.15) is 0 Å². The Morgan fingerprint density at radius 1 is 0.783 bits per heavy atom. The van der Waals surface area contributed by atoms with Gasteiger partial charge in [0, 0.05) is 9.79 Å². The number of nitrogens with two attached hydrogens (primary N) is 2. The van der Waals surface area contributed by atoms with Crippen molar-refractivity contribution in [1.29, 1.82) is 5.41 Å². The first-order valence-corrected chi connectivity index (χ1v) is 7.05. The Bertz CT molecular complexity index is 640. The second-order valence-electron chi connectivity index (χ2n) is 4.22. The fourth-order valence-corrected chi connectivity index (χ4v) is 2.28. The quantitative estimate of drug-likeness (QED) is 0.424. The van der Waals surface area contributed by atoms with Crippen molar-refractivity contribution >= 4 is 29.7 Å². The molecule has 0 atom stereocenters. The number of rotatable bonds is 4. The number of hydrogen-bond acceptors (Lipinski definition) is 4. The van der Waals surface area contributed by atoms with Gasteiger partial charge in [0.25, 0.3) is 0 Å². The normalized spacial score (nSPS) is 9.39. The van der Waals surface area contributed by atoms with Crippen molar-refractivity contribution in [3.63, 3.8) is 0 Å². The molecule has 0 saturated carbocycles. The minimum absolute atomic E-state index is 0.241. The number of carboxylic acid groups (broad SMARTS) is 2.